The number of rotatable bonds is 7. The van der Waals surface area contributed by atoms with E-state index >= 15 is 0 Å². The third kappa shape index (κ3) is 5.18. The number of nitrogens with zero attached hydrogens (tertiary/aromatic N) is 6. The van der Waals surface area contributed by atoms with Gasteiger partial charge < -0.3 is 11.1 Å². The van der Waals surface area contributed by atoms with E-state index in [1.54, 1.807) is 25.4 Å². The van der Waals surface area contributed by atoms with E-state index in [0.717, 1.165) is 28.8 Å². The maximum atomic E-state index is 11.4. The minimum Gasteiger partial charge on any atom is -0.368 e. The summed E-state index contributed by atoms with van der Waals surface area (Å²) >= 11 is 5.88. The summed E-state index contributed by atoms with van der Waals surface area (Å²) in [6.45, 7) is 3.59. The van der Waals surface area contributed by atoms with Gasteiger partial charge in [0.1, 0.15) is 11.6 Å². The molecule has 0 aliphatic rings. The highest BCUT2D eigenvalue weighted by Crippen LogP contribution is 2.38. The zero-order chi connectivity index (χ0) is 26.0. The normalized spacial score (nSPS) is 11.6. The molecule has 0 aliphatic heterocycles. The second-order valence-electron chi connectivity index (χ2n) is 7.85. The zero-order valence-electron chi connectivity index (χ0n) is 19.0. The van der Waals surface area contributed by atoms with Gasteiger partial charge in [0.05, 0.1) is 15.5 Å². The number of anilines is 2. The topological polar surface area (TPSA) is 176 Å². The number of aryl methyl sites for hydroxylation is 1. The van der Waals surface area contributed by atoms with Gasteiger partial charge >= 0.3 is 0 Å². The summed E-state index contributed by atoms with van der Waals surface area (Å²) in [7, 11) is 0. The second kappa shape index (κ2) is 9.88. The minimum absolute atomic E-state index is 0.171. The zero-order valence-corrected chi connectivity index (χ0v) is 19.8. The van der Waals surface area contributed by atoms with E-state index in [9.17, 15) is 20.2 Å². The number of halogens is 1. The molecule has 0 saturated carbocycles. The molecule has 4 rings (SSSR count). The van der Waals surface area contributed by atoms with Gasteiger partial charge in [0.25, 0.3) is 11.4 Å². The maximum Gasteiger partial charge on any atom is 0.295 e. The SMILES string of the molecule is Cc1nc(N[C@@H](C)c2cccc(-c3cnc(N)nc3)c2)cc(-c2cc([N+](=O)[O-])c(Cl)c([N+](=O)[O-])c2)n1. The summed E-state index contributed by atoms with van der Waals surface area (Å²) in [5, 5.41) is 25.5. The predicted molar refractivity (Wildman–Crippen MR) is 134 cm³/mol. The van der Waals surface area contributed by atoms with Crippen molar-refractivity contribution in [1.82, 2.24) is 19.9 Å². The number of nitrogen functional groups attached to an aromatic ring is 1. The van der Waals surface area contributed by atoms with Crippen molar-refractivity contribution >= 4 is 34.7 Å². The highest BCUT2D eigenvalue weighted by atomic mass is 35.5. The molecule has 2 aromatic heterocycles. The van der Waals surface area contributed by atoms with Crippen molar-refractivity contribution in [3.63, 3.8) is 0 Å². The Morgan fingerprint density at radius 3 is 2.19 bits per heavy atom. The lowest BCUT2D eigenvalue weighted by atomic mass is 10.0. The van der Waals surface area contributed by atoms with Crippen LogP contribution >= 0.6 is 11.6 Å². The molecule has 0 amide bonds. The largest absolute Gasteiger partial charge is 0.368 e. The van der Waals surface area contributed by atoms with E-state index in [2.05, 4.69) is 25.3 Å². The van der Waals surface area contributed by atoms with Crippen molar-refractivity contribution in [3.05, 3.63) is 91.5 Å². The summed E-state index contributed by atoms with van der Waals surface area (Å²) in [6.07, 6.45) is 3.29. The van der Waals surface area contributed by atoms with Crippen LogP contribution in [0.15, 0.2) is 54.9 Å². The van der Waals surface area contributed by atoms with E-state index in [-0.39, 0.29) is 23.2 Å². The van der Waals surface area contributed by atoms with Crippen LogP contribution in [-0.4, -0.2) is 29.8 Å². The van der Waals surface area contributed by atoms with Crippen LogP contribution in [-0.2, 0) is 0 Å². The Balaban J connectivity index is 1.66. The molecule has 13 heteroatoms. The Bertz CT molecular complexity index is 1440. The van der Waals surface area contributed by atoms with Gasteiger partial charge in [-0.2, -0.15) is 0 Å². The highest BCUT2D eigenvalue weighted by molar-refractivity contribution is 6.34. The highest BCUT2D eigenvalue weighted by Gasteiger charge is 2.26. The number of nitrogens with two attached hydrogens (primary N) is 1. The molecule has 36 heavy (non-hydrogen) atoms. The molecule has 0 spiro atoms. The Morgan fingerprint density at radius 1 is 0.944 bits per heavy atom. The minimum atomic E-state index is -0.771. The monoisotopic (exact) mass is 506 g/mol. The number of aromatic nitrogens is 4. The number of hydrogen-bond donors (Lipinski definition) is 2. The third-order valence-corrected chi connectivity index (χ3v) is 5.70. The van der Waals surface area contributed by atoms with Crippen LogP contribution in [0.5, 0.6) is 0 Å². The molecule has 12 nitrogen and oxygen atoms in total. The van der Waals surface area contributed by atoms with Crippen LogP contribution in [0.25, 0.3) is 22.4 Å². The summed E-state index contributed by atoms with van der Waals surface area (Å²) in [4.78, 5) is 38.0. The average Bonchev–Trinajstić information content (AvgIpc) is 2.84. The van der Waals surface area contributed by atoms with Gasteiger partial charge in [-0.3, -0.25) is 20.2 Å². The molecule has 0 unspecified atom stereocenters. The molecular weight excluding hydrogens is 488 g/mol. The van der Waals surface area contributed by atoms with Gasteiger partial charge in [-0.25, -0.2) is 19.9 Å². The van der Waals surface area contributed by atoms with Crippen molar-refractivity contribution in [2.75, 3.05) is 11.1 Å². The average molecular weight is 507 g/mol. The summed E-state index contributed by atoms with van der Waals surface area (Å²) in [5.74, 6) is 0.998. The fraction of sp³-hybridized carbons (Fsp3) is 0.130. The predicted octanol–water partition coefficient (Wildman–Crippen LogP) is 5.13. The first-order chi connectivity index (χ1) is 17.1. The van der Waals surface area contributed by atoms with Crippen LogP contribution in [0.3, 0.4) is 0 Å². The molecule has 1 atom stereocenters. The first-order valence-corrected chi connectivity index (χ1v) is 10.9. The van der Waals surface area contributed by atoms with E-state index < -0.39 is 26.2 Å². The van der Waals surface area contributed by atoms with Gasteiger partial charge in [0, 0.05) is 47.8 Å². The smallest absolute Gasteiger partial charge is 0.295 e. The van der Waals surface area contributed by atoms with Gasteiger partial charge in [0.15, 0.2) is 5.02 Å². The van der Waals surface area contributed by atoms with Crippen molar-refractivity contribution in [2.24, 2.45) is 0 Å². The summed E-state index contributed by atoms with van der Waals surface area (Å²) in [5.41, 5.74) is 7.51. The lowest BCUT2D eigenvalue weighted by molar-refractivity contribution is -0.393. The first-order valence-electron chi connectivity index (χ1n) is 10.5. The molecule has 4 aromatic rings. The molecule has 182 valence electrons. The first kappa shape index (κ1) is 24.4. The Kier molecular flexibility index (Phi) is 6.70. The van der Waals surface area contributed by atoms with Crippen molar-refractivity contribution < 1.29 is 9.85 Å². The lowest BCUT2D eigenvalue weighted by Gasteiger charge is -2.17. The molecule has 0 radical (unpaired) electrons. The summed E-state index contributed by atoms with van der Waals surface area (Å²) < 4.78 is 0. The van der Waals surface area contributed by atoms with Gasteiger partial charge in [-0.05, 0) is 31.0 Å². The van der Waals surface area contributed by atoms with Crippen molar-refractivity contribution in [1.29, 1.82) is 0 Å². The number of nitro groups is 2. The van der Waals surface area contributed by atoms with Crippen molar-refractivity contribution in [3.8, 4) is 22.4 Å². The van der Waals surface area contributed by atoms with Crippen LogP contribution in [0.2, 0.25) is 5.02 Å². The maximum absolute atomic E-state index is 11.4. The van der Waals surface area contributed by atoms with Crippen LogP contribution < -0.4 is 11.1 Å². The molecule has 2 aromatic carbocycles. The molecular formula is C23H19ClN8O4. The number of hydrogen-bond acceptors (Lipinski definition) is 10. The van der Waals surface area contributed by atoms with Crippen LogP contribution in [0.4, 0.5) is 23.1 Å². The molecule has 0 fully saturated rings. The van der Waals surface area contributed by atoms with Gasteiger partial charge in [0.2, 0.25) is 5.95 Å². The molecule has 3 N–H and O–H groups in total. The quantitative estimate of drug-likeness (QED) is 0.252. The van der Waals surface area contributed by atoms with Crippen LogP contribution in [0, 0.1) is 27.2 Å². The summed E-state index contributed by atoms with van der Waals surface area (Å²) in [6, 6.07) is 11.4. The Labute approximate surface area is 209 Å². The van der Waals surface area contributed by atoms with Gasteiger partial charge in [-0.1, -0.05) is 29.8 Å². The van der Waals surface area contributed by atoms with Crippen molar-refractivity contribution in [2.45, 2.75) is 19.9 Å². The Hall–Kier alpha value is -4.71. The fourth-order valence-electron chi connectivity index (χ4n) is 3.58. The van der Waals surface area contributed by atoms with E-state index in [1.807, 2.05) is 31.2 Å². The van der Waals surface area contributed by atoms with E-state index in [4.69, 9.17) is 17.3 Å². The molecule has 2 heterocycles. The molecule has 0 saturated heterocycles. The number of nitrogens with one attached hydrogen (secondary N) is 1. The van der Waals surface area contributed by atoms with Crippen LogP contribution in [0.1, 0.15) is 24.4 Å². The third-order valence-electron chi connectivity index (χ3n) is 5.32. The number of benzene rings is 2. The van der Waals surface area contributed by atoms with E-state index in [0.29, 0.717) is 11.6 Å². The Morgan fingerprint density at radius 2 is 1.58 bits per heavy atom. The molecule has 0 aliphatic carbocycles. The molecule has 0 bridgehead atoms. The number of nitro benzene ring substituents is 2. The van der Waals surface area contributed by atoms with Gasteiger partial charge in [-0.15, -0.1) is 0 Å². The van der Waals surface area contributed by atoms with E-state index in [1.165, 1.54) is 0 Å². The standard InChI is InChI=1S/C23H19ClN8O4/c1-12(14-4-3-5-15(6-14)17-10-26-23(25)27-11-17)28-21-9-18(29-13(2)30-21)16-7-19(31(33)34)22(24)20(8-16)32(35)36/h3-12H,1-2H3,(H2,25,26,27)(H,28,29,30)/t12-/m0/s1. The lowest BCUT2D eigenvalue weighted by Crippen LogP contribution is -2.09. The fourth-order valence-corrected chi connectivity index (χ4v) is 3.82. The second-order valence-corrected chi connectivity index (χ2v) is 8.23.